The fourth-order valence-corrected chi connectivity index (χ4v) is 3.03. The smallest absolute Gasteiger partial charge is 0.310 e. The van der Waals surface area contributed by atoms with Gasteiger partial charge in [-0.05, 0) is 20.3 Å². The third-order valence-corrected chi connectivity index (χ3v) is 4.35. The first-order valence-electron chi connectivity index (χ1n) is 6.59. The molecule has 2 aliphatic rings. The van der Waals surface area contributed by atoms with Crippen molar-refractivity contribution in [1.29, 1.82) is 0 Å². The van der Waals surface area contributed by atoms with Gasteiger partial charge in [-0.1, -0.05) is 0 Å². The lowest BCUT2D eigenvalue weighted by Gasteiger charge is -2.52. The molecule has 0 radical (unpaired) electrons. The van der Waals surface area contributed by atoms with Gasteiger partial charge in [-0.15, -0.1) is 0 Å². The lowest BCUT2D eigenvalue weighted by molar-refractivity contribution is -0.0578. The van der Waals surface area contributed by atoms with Crippen molar-refractivity contribution in [3.05, 3.63) is 12.7 Å². The van der Waals surface area contributed by atoms with Crippen molar-refractivity contribution in [3.63, 3.8) is 0 Å². The Bertz CT molecular complexity index is 476. The number of halogens is 1. The van der Waals surface area contributed by atoms with Gasteiger partial charge in [0.1, 0.15) is 18.8 Å². The molecule has 2 fully saturated rings. The van der Waals surface area contributed by atoms with Gasteiger partial charge in [0.2, 0.25) is 0 Å². The third-order valence-electron chi connectivity index (χ3n) is 4.35. The van der Waals surface area contributed by atoms with Gasteiger partial charge in [-0.25, -0.2) is 14.2 Å². The van der Waals surface area contributed by atoms with Gasteiger partial charge in [-0.2, -0.15) is 9.78 Å². The highest BCUT2D eigenvalue weighted by Gasteiger charge is 2.60. The van der Waals surface area contributed by atoms with Crippen LogP contribution in [0.3, 0.4) is 0 Å². The maximum absolute atomic E-state index is 14.1. The zero-order valence-electron chi connectivity index (χ0n) is 11.2. The van der Waals surface area contributed by atoms with Crippen LogP contribution >= 0.6 is 0 Å². The molecule has 2 aliphatic heterocycles. The number of hydrogen-bond donors (Lipinski definition) is 0. The second-order valence-corrected chi connectivity index (χ2v) is 5.62. The maximum atomic E-state index is 14.1. The fraction of sp³-hybridized carbons (Fsp3) is 0.750. The predicted octanol–water partition coefficient (Wildman–Crippen LogP) is 0.753. The van der Waals surface area contributed by atoms with Crippen molar-refractivity contribution in [1.82, 2.24) is 24.6 Å². The average molecular weight is 267 g/mol. The molecule has 6 nitrogen and oxygen atoms in total. The van der Waals surface area contributed by atoms with Crippen LogP contribution in [0.1, 0.15) is 20.3 Å². The number of alkyl halides is 1. The van der Waals surface area contributed by atoms with Crippen molar-refractivity contribution in [2.24, 2.45) is 0 Å². The standard InChI is InChI=1S/C12H18FN5O/c1-9(2)16-4-3-12(6-16)10(13)5-17(12)11(19)18-8-14-7-15-18/h7-10H,3-6H2,1-2H3. The van der Waals surface area contributed by atoms with E-state index in [0.717, 1.165) is 6.54 Å². The van der Waals surface area contributed by atoms with Crippen LogP contribution in [0.4, 0.5) is 9.18 Å². The highest BCUT2D eigenvalue weighted by molar-refractivity contribution is 5.78. The monoisotopic (exact) mass is 267 g/mol. The molecular weight excluding hydrogens is 249 g/mol. The number of amides is 1. The summed E-state index contributed by atoms with van der Waals surface area (Å²) in [4.78, 5) is 19.9. The van der Waals surface area contributed by atoms with Gasteiger partial charge in [-0.3, -0.25) is 4.90 Å². The van der Waals surface area contributed by atoms with E-state index in [2.05, 4.69) is 28.8 Å². The van der Waals surface area contributed by atoms with Gasteiger partial charge in [0.25, 0.3) is 0 Å². The maximum Gasteiger partial charge on any atom is 0.346 e. The number of likely N-dealkylation sites (tertiary alicyclic amines) is 2. The minimum atomic E-state index is -0.941. The molecule has 0 aliphatic carbocycles. The van der Waals surface area contributed by atoms with Crippen LogP contribution in [0, 0.1) is 0 Å². The Morgan fingerprint density at radius 1 is 1.53 bits per heavy atom. The summed E-state index contributed by atoms with van der Waals surface area (Å²) >= 11 is 0. The molecule has 2 unspecified atom stereocenters. The van der Waals surface area contributed by atoms with E-state index in [4.69, 9.17) is 0 Å². The molecule has 7 heteroatoms. The molecule has 3 rings (SSSR count). The minimum absolute atomic E-state index is 0.157. The molecule has 2 saturated heterocycles. The van der Waals surface area contributed by atoms with E-state index in [-0.39, 0.29) is 12.6 Å². The van der Waals surface area contributed by atoms with Crippen LogP contribution in [-0.2, 0) is 0 Å². The van der Waals surface area contributed by atoms with E-state index in [1.54, 1.807) is 4.90 Å². The molecule has 0 N–H and O–H groups in total. The van der Waals surface area contributed by atoms with E-state index in [1.807, 2.05) is 0 Å². The van der Waals surface area contributed by atoms with Crippen LogP contribution < -0.4 is 0 Å². The molecule has 2 atom stereocenters. The molecule has 0 bridgehead atoms. The Balaban J connectivity index is 1.79. The molecule has 104 valence electrons. The summed E-state index contributed by atoms with van der Waals surface area (Å²) in [6.45, 7) is 5.78. The summed E-state index contributed by atoms with van der Waals surface area (Å²) in [6.07, 6.45) is 2.42. The zero-order valence-corrected chi connectivity index (χ0v) is 11.2. The second kappa shape index (κ2) is 4.26. The number of aromatic nitrogens is 3. The van der Waals surface area contributed by atoms with Crippen molar-refractivity contribution in [2.45, 2.75) is 38.0 Å². The molecule has 1 spiro atoms. The molecular formula is C12H18FN5O. The number of carbonyl (C=O) groups excluding carboxylic acids is 1. The Hall–Kier alpha value is -1.50. The molecule has 19 heavy (non-hydrogen) atoms. The first-order valence-corrected chi connectivity index (χ1v) is 6.59. The number of carbonyl (C=O) groups is 1. The third kappa shape index (κ3) is 1.75. The van der Waals surface area contributed by atoms with Gasteiger partial charge < -0.3 is 4.90 Å². The van der Waals surface area contributed by atoms with Crippen LogP contribution in [0.25, 0.3) is 0 Å². The van der Waals surface area contributed by atoms with E-state index in [9.17, 15) is 9.18 Å². The first kappa shape index (κ1) is 12.5. The van der Waals surface area contributed by atoms with Gasteiger partial charge in [0, 0.05) is 19.1 Å². The normalized spacial score (nSPS) is 31.2. The van der Waals surface area contributed by atoms with Crippen LogP contribution in [0.5, 0.6) is 0 Å². The SMILES string of the molecule is CC(C)N1CCC2(C1)C(F)CN2C(=O)n1cncn1. The molecule has 1 aromatic rings. The van der Waals surface area contributed by atoms with Crippen LogP contribution in [0.15, 0.2) is 12.7 Å². The van der Waals surface area contributed by atoms with Crippen molar-refractivity contribution < 1.29 is 9.18 Å². The van der Waals surface area contributed by atoms with Crippen LogP contribution in [-0.4, -0.2) is 68.0 Å². The topological polar surface area (TPSA) is 54.3 Å². The predicted molar refractivity (Wildman–Crippen MR) is 66.5 cm³/mol. The Kier molecular flexibility index (Phi) is 2.81. The summed E-state index contributed by atoms with van der Waals surface area (Å²) in [5.74, 6) is 0. The molecule has 1 amide bonds. The summed E-state index contributed by atoms with van der Waals surface area (Å²) in [6, 6.07) is 0.0903. The highest BCUT2D eigenvalue weighted by Crippen LogP contribution is 2.42. The summed E-state index contributed by atoms with van der Waals surface area (Å²) < 4.78 is 15.3. The van der Waals surface area contributed by atoms with Gasteiger partial charge >= 0.3 is 6.03 Å². The summed E-state index contributed by atoms with van der Waals surface area (Å²) in [5.41, 5.74) is -0.659. The van der Waals surface area contributed by atoms with Crippen molar-refractivity contribution in [2.75, 3.05) is 19.6 Å². The van der Waals surface area contributed by atoms with E-state index in [0.29, 0.717) is 19.0 Å². The quantitative estimate of drug-likeness (QED) is 0.753. The van der Waals surface area contributed by atoms with E-state index >= 15 is 0 Å². The second-order valence-electron chi connectivity index (χ2n) is 5.62. The average Bonchev–Trinajstić information content (AvgIpc) is 3.04. The minimum Gasteiger partial charge on any atom is -0.310 e. The molecule has 1 aromatic heterocycles. The fourth-order valence-electron chi connectivity index (χ4n) is 3.03. The molecule has 0 aromatic carbocycles. The first-order chi connectivity index (χ1) is 9.04. The highest BCUT2D eigenvalue weighted by atomic mass is 19.1. The Labute approximate surface area is 111 Å². The zero-order chi connectivity index (χ0) is 13.6. The summed E-state index contributed by atoms with van der Waals surface area (Å²) in [7, 11) is 0. The lowest BCUT2D eigenvalue weighted by Crippen LogP contribution is -2.72. The number of hydrogen-bond acceptors (Lipinski definition) is 4. The Morgan fingerprint density at radius 2 is 2.32 bits per heavy atom. The lowest BCUT2D eigenvalue weighted by atomic mass is 9.82. The molecule has 3 heterocycles. The van der Waals surface area contributed by atoms with E-state index < -0.39 is 11.7 Å². The van der Waals surface area contributed by atoms with E-state index in [1.165, 1.54) is 17.3 Å². The van der Waals surface area contributed by atoms with Crippen LogP contribution in [0.2, 0.25) is 0 Å². The largest absolute Gasteiger partial charge is 0.346 e. The van der Waals surface area contributed by atoms with Gasteiger partial charge in [0.05, 0.1) is 12.1 Å². The van der Waals surface area contributed by atoms with Gasteiger partial charge in [0.15, 0.2) is 0 Å². The molecule has 0 saturated carbocycles. The van der Waals surface area contributed by atoms with Crippen molar-refractivity contribution >= 4 is 6.03 Å². The van der Waals surface area contributed by atoms with Crippen molar-refractivity contribution in [3.8, 4) is 0 Å². The summed E-state index contributed by atoms with van der Waals surface area (Å²) in [5, 5.41) is 3.83. The Morgan fingerprint density at radius 3 is 2.84 bits per heavy atom. The number of nitrogens with zero attached hydrogens (tertiary/aromatic N) is 5. The number of rotatable bonds is 1.